The van der Waals surface area contributed by atoms with Gasteiger partial charge in [-0.2, -0.15) is 8.78 Å². The summed E-state index contributed by atoms with van der Waals surface area (Å²) in [6.45, 7) is 1.27. The summed E-state index contributed by atoms with van der Waals surface area (Å²) in [7, 11) is 0. The van der Waals surface area contributed by atoms with E-state index in [0.29, 0.717) is 5.69 Å². The molecule has 0 aliphatic carbocycles. The van der Waals surface area contributed by atoms with Gasteiger partial charge in [0, 0.05) is 50.8 Å². The number of alkyl halides is 2. The first-order valence-electron chi connectivity index (χ1n) is 9.88. The van der Waals surface area contributed by atoms with Crippen molar-refractivity contribution in [2.24, 2.45) is 0 Å². The van der Waals surface area contributed by atoms with Gasteiger partial charge >= 0.3 is 6.61 Å². The van der Waals surface area contributed by atoms with Crippen LogP contribution in [0.15, 0.2) is 48.8 Å². The molecule has 0 bridgehead atoms. The molecule has 4 rings (SSSR count). The van der Waals surface area contributed by atoms with Crippen LogP contribution in [-0.4, -0.2) is 64.4 Å². The number of piperazine rings is 1. The number of imidazole rings is 1. The molecule has 1 aliphatic rings. The van der Waals surface area contributed by atoms with Gasteiger partial charge in [-0.3, -0.25) is 14.6 Å². The van der Waals surface area contributed by atoms with E-state index in [-0.39, 0.29) is 23.2 Å². The summed E-state index contributed by atoms with van der Waals surface area (Å²) in [4.78, 5) is 21.4. The Morgan fingerprint density at radius 1 is 1.16 bits per heavy atom. The Bertz CT molecular complexity index is 1020. The van der Waals surface area contributed by atoms with Crippen molar-refractivity contribution in [2.45, 2.75) is 13.2 Å². The number of fused-ring (bicyclic) bond motifs is 1. The van der Waals surface area contributed by atoms with Crippen LogP contribution in [-0.2, 0) is 11.3 Å². The Morgan fingerprint density at radius 2 is 1.94 bits per heavy atom. The van der Waals surface area contributed by atoms with Crippen LogP contribution in [0.25, 0.3) is 5.65 Å². The highest BCUT2D eigenvalue weighted by Gasteiger charge is 2.20. The lowest BCUT2D eigenvalue weighted by molar-refractivity contribution is -0.117. The van der Waals surface area contributed by atoms with Crippen molar-refractivity contribution in [3.63, 3.8) is 0 Å². The summed E-state index contributed by atoms with van der Waals surface area (Å²) < 4.78 is 30.9. The van der Waals surface area contributed by atoms with Crippen LogP contribution in [0.5, 0.6) is 5.75 Å². The Morgan fingerprint density at radius 3 is 2.65 bits per heavy atom. The molecule has 7 nitrogen and oxygen atoms in total. The highest BCUT2D eigenvalue weighted by atomic mass is 35.5. The van der Waals surface area contributed by atoms with Gasteiger partial charge in [-0.25, -0.2) is 4.98 Å². The molecule has 0 saturated carbocycles. The molecule has 1 saturated heterocycles. The number of carbonyl (C=O) groups is 1. The number of carbonyl (C=O) groups excluding carboxylic acids is 1. The van der Waals surface area contributed by atoms with Gasteiger partial charge in [-0.1, -0.05) is 17.7 Å². The number of halogens is 3. The first kappa shape index (κ1) is 21.5. The number of amides is 1. The fourth-order valence-electron chi connectivity index (χ4n) is 3.57. The first-order valence-corrected chi connectivity index (χ1v) is 10.3. The first-order chi connectivity index (χ1) is 15.0. The zero-order valence-corrected chi connectivity index (χ0v) is 17.4. The van der Waals surface area contributed by atoms with E-state index in [9.17, 15) is 13.6 Å². The number of hydrogen-bond acceptors (Lipinski definition) is 5. The number of nitrogens with zero attached hydrogens (tertiary/aromatic N) is 4. The summed E-state index contributed by atoms with van der Waals surface area (Å²) >= 11 is 5.93. The van der Waals surface area contributed by atoms with Gasteiger partial charge < -0.3 is 14.5 Å². The molecular weight excluding hydrogens is 428 g/mol. The van der Waals surface area contributed by atoms with Gasteiger partial charge in [0.15, 0.2) is 0 Å². The molecule has 0 spiro atoms. The molecule has 1 amide bonds. The maximum absolute atomic E-state index is 12.4. The predicted octanol–water partition coefficient (Wildman–Crippen LogP) is 3.35. The summed E-state index contributed by atoms with van der Waals surface area (Å²) in [6.07, 6.45) is 4.02. The summed E-state index contributed by atoms with van der Waals surface area (Å²) in [6, 6.07) is 10.1. The Kier molecular flexibility index (Phi) is 6.64. The van der Waals surface area contributed by atoms with Crippen molar-refractivity contribution < 1.29 is 18.3 Å². The van der Waals surface area contributed by atoms with Gasteiger partial charge in [0.05, 0.1) is 17.3 Å². The summed E-state index contributed by atoms with van der Waals surface area (Å²) in [5.74, 6) is -0.316. The fourth-order valence-corrected chi connectivity index (χ4v) is 3.80. The van der Waals surface area contributed by atoms with Crippen molar-refractivity contribution in [2.75, 3.05) is 38.0 Å². The van der Waals surface area contributed by atoms with Crippen LogP contribution in [0.4, 0.5) is 14.5 Å². The number of hydrogen-bond donors (Lipinski definition) is 1. The average Bonchev–Trinajstić information content (AvgIpc) is 3.13. The standard InChI is InChI=1S/C21H22ClF2N5O2/c22-17-11-15(4-5-18(17)31-21(23)24)26-20(30)14-28-9-7-27(8-10-28)12-16-13-29-6-2-1-3-19(29)25-16/h1-6,11,13,21H,7-10,12,14H2,(H,26,30). The Balaban J connectivity index is 1.24. The van der Waals surface area contributed by atoms with Crippen molar-refractivity contribution in [1.82, 2.24) is 19.2 Å². The topological polar surface area (TPSA) is 62.1 Å². The van der Waals surface area contributed by atoms with Crippen LogP contribution in [0.1, 0.15) is 5.69 Å². The van der Waals surface area contributed by atoms with Crippen LogP contribution in [0, 0.1) is 0 Å². The van der Waals surface area contributed by atoms with Crippen LogP contribution in [0.2, 0.25) is 5.02 Å². The van der Waals surface area contributed by atoms with E-state index in [4.69, 9.17) is 11.6 Å². The minimum Gasteiger partial charge on any atom is -0.433 e. The highest BCUT2D eigenvalue weighted by molar-refractivity contribution is 6.32. The predicted molar refractivity (Wildman–Crippen MR) is 114 cm³/mol. The van der Waals surface area contributed by atoms with E-state index in [0.717, 1.165) is 44.1 Å². The number of anilines is 1. The number of ether oxygens (including phenoxy) is 1. The van der Waals surface area contributed by atoms with Gasteiger partial charge in [0.1, 0.15) is 11.4 Å². The smallest absolute Gasteiger partial charge is 0.387 e. The highest BCUT2D eigenvalue weighted by Crippen LogP contribution is 2.28. The van der Waals surface area contributed by atoms with Gasteiger partial charge in [-0.05, 0) is 30.3 Å². The number of pyridine rings is 1. The number of aromatic nitrogens is 2. The lowest BCUT2D eigenvalue weighted by atomic mass is 10.2. The zero-order valence-electron chi connectivity index (χ0n) is 16.7. The molecular formula is C21H22ClF2N5O2. The third kappa shape index (κ3) is 5.69. The van der Waals surface area contributed by atoms with Crippen molar-refractivity contribution >= 4 is 28.8 Å². The normalized spacial score (nSPS) is 15.5. The molecule has 0 radical (unpaired) electrons. The second-order valence-corrected chi connectivity index (χ2v) is 7.73. The van der Waals surface area contributed by atoms with Crippen LogP contribution >= 0.6 is 11.6 Å². The van der Waals surface area contributed by atoms with Crippen LogP contribution in [0.3, 0.4) is 0 Å². The molecule has 2 aromatic heterocycles. The molecule has 3 heterocycles. The van der Waals surface area contributed by atoms with Crippen molar-refractivity contribution in [1.29, 1.82) is 0 Å². The second-order valence-electron chi connectivity index (χ2n) is 7.32. The van der Waals surface area contributed by atoms with Gasteiger partial charge in [0.2, 0.25) is 5.91 Å². The number of nitrogens with one attached hydrogen (secondary N) is 1. The van der Waals surface area contributed by atoms with E-state index in [1.165, 1.54) is 18.2 Å². The SMILES string of the molecule is O=C(CN1CCN(Cc2cn3ccccc3n2)CC1)Nc1ccc(OC(F)F)c(Cl)c1. The molecule has 3 aromatic rings. The van der Waals surface area contributed by atoms with E-state index in [2.05, 4.69) is 24.8 Å². The Labute approximate surface area is 183 Å². The van der Waals surface area contributed by atoms with Gasteiger partial charge in [-0.15, -0.1) is 0 Å². The van der Waals surface area contributed by atoms with Gasteiger partial charge in [0.25, 0.3) is 0 Å². The second kappa shape index (κ2) is 9.59. The Hall–Kier alpha value is -2.75. The lowest BCUT2D eigenvalue weighted by Crippen LogP contribution is -2.48. The van der Waals surface area contributed by atoms with E-state index < -0.39 is 6.61 Å². The minimum atomic E-state index is -2.95. The molecule has 0 unspecified atom stereocenters. The molecule has 164 valence electrons. The molecule has 1 aliphatic heterocycles. The maximum atomic E-state index is 12.4. The molecule has 1 fully saturated rings. The third-order valence-electron chi connectivity index (χ3n) is 5.06. The largest absolute Gasteiger partial charge is 0.433 e. The average molecular weight is 450 g/mol. The summed E-state index contributed by atoms with van der Waals surface area (Å²) in [5, 5.41) is 2.75. The van der Waals surface area contributed by atoms with E-state index in [1.54, 1.807) is 0 Å². The molecule has 10 heteroatoms. The molecule has 31 heavy (non-hydrogen) atoms. The monoisotopic (exact) mass is 449 g/mol. The lowest BCUT2D eigenvalue weighted by Gasteiger charge is -2.33. The van der Waals surface area contributed by atoms with E-state index in [1.807, 2.05) is 35.0 Å². The zero-order chi connectivity index (χ0) is 21.8. The van der Waals surface area contributed by atoms with E-state index >= 15 is 0 Å². The number of rotatable bonds is 7. The fraction of sp³-hybridized carbons (Fsp3) is 0.333. The number of benzene rings is 1. The van der Waals surface area contributed by atoms with Crippen molar-refractivity contribution in [3.8, 4) is 5.75 Å². The molecule has 1 N–H and O–H groups in total. The molecule has 0 atom stereocenters. The quantitative estimate of drug-likeness (QED) is 0.599. The third-order valence-corrected chi connectivity index (χ3v) is 5.36. The summed E-state index contributed by atoms with van der Waals surface area (Å²) in [5.41, 5.74) is 2.39. The molecule has 1 aromatic carbocycles. The minimum absolute atomic E-state index is 0.0126. The van der Waals surface area contributed by atoms with Crippen molar-refractivity contribution in [3.05, 3.63) is 59.5 Å². The maximum Gasteiger partial charge on any atom is 0.387 e. The van der Waals surface area contributed by atoms with Crippen LogP contribution < -0.4 is 10.1 Å².